The van der Waals surface area contributed by atoms with Gasteiger partial charge < -0.3 is 0 Å². The Morgan fingerprint density at radius 2 is 0.583 bits per heavy atom. The second-order valence-corrected chi connectivity index (χ2v) is 41.0. The third-order valence-corrected chi connectivity index (χ3v) is 35.9. The fraction of sp³-hybridized carbons (Fsp3) is 0. The first-order valence-electron chi connectivity index (χ1n) is 36.7. The molecule has 0 unspecified atom stereocenters. The first-order valence-corrected chi connectivity index (χ1v) is 46.1. The summed E-state index contributed by atoms with van der Waals surface area (Å²) in [4.78, 5) is 12.8. The average Bonchev–Trinajstić information content (AvgIpc) is 0.787. The Morgan fingerprint density at radius 1 is 0.213 bits per heavy atom. The molecule has 20 aromatic rings. The Labute approximate surface area is 663 Å². The third kappa shape index (κ3) is 9.53. The van der Waals surface area contributed by atoms with Crippen LogP contribution in [0.3, 0.4) is 0 Å². The molecule has 0 saturated heterocycles. The van der Waals surface area contributed by atoms with Gasteiger partial charge in [0, 0.05) is 0 Å². The van der Waals surface area contributed by atoms with Crippen molar-refractivity contribution < 1.29 is 4.74 Å². The van der Waals surface area contributed by atoms with E-state index in [1.54, 1.807) is 0 Å². The van der Waals surface area contributed by atoms with E-state index in [1.807, 2.05) is 0 Å². The van der Waals surface area contributed by atoms with Gasteiger partial charge in [0.15, 0.2) is 0 Å². The van der Waals surface area contributed by atoms with E-state index in [9.17, 15) is 0 Å². The standard InChI is InChI=1S/C96H57B2N5OTe4/c1-4-22-58(23-5-1)99(61-40-44-91-71(48-61)67-28-10-18-36-87(67)105-91)65-52-82-95-83(53-65)102(63-42-46-93-73(50-63)69-30-12-20-38-89(69)107-93)79-34-16-14-32-75(79)97(95)77-56-78-85(57-81(77)101(82)60-26-8-3-9-27-60)104-86-55-66(100(59-24-6-2-7-25-59)62-41-45-92-72(49-62)68-29-11-19-37-88(68)106-92)54-84-96(86)98(78)76-33-15-17-35-80(76)103(84)64-43-47-94-74(51-64)70-31-13-21-39-90(70)108-94/h1-57H. The molecule has 12 heteroatoms. The Bertz CT molecular complexity index is 7200. The Hall–Kier alpha value is -10.4. The summed E-state index contributed by atoms with van der Waals surface area (Å²) in [5.41, 5.74) is 24.0. The van der Waals surface area contributed by atoms with Crippen molar-refractivity contribution in [2.45, 2.75) is 0 Å². The van der Waals surface area contributed by atoms with E-state index in [4.69, 9.17) is 4.74 Å². The predicted octanol–water partition coefficient (Wildman–Crippen LogP) is 20.6. The van der Waals surface area contributed by atoms with Crippen LogP contribution in [-0.2, 0) is 0 Å². The van der Waals surface area contributed by atoms with Gasteiger partial charge in [0.25, 0.3) is 0 Å². The van der Waals surface area contributed by atoms with Crippen LogP contribution in [0.2, 0.25) is 0 Å². The van der Waals surface area contributed by atoms with Gasteiger partial charge in [-0.25, -0.2) is 0 Å². The second-order valence-electron chi connectivity index (χ2n) is 28.6. The molecule has 0 N–H and O–H groups in total. The minimum atomic E-state index is -0.557. The van der Waals surface area contributed by atoms with Crippen molar-refractivity contribution in [1.29, 1.82) is 0 Å². The zero-order valence-electron chi connectivity index (χ0n) is 57.8. The summed E-state index contributed by atoms with van der Waals surface area (Å²) in [5, 5.41) is 10.9. The molecular weight excluding hydrogens is 1770 g/mol. The normalized spacial score (nSPS) is 13.2. The van der Waals surface area contributed by atoms with Gasteiger partial charge in [0.1, 0.15) is 0 Å². The molecule has 0 saturated carbocycles. The number of hydrogen-bond acceptors (Lipinski definition) is 6. The molecule has 8 heterocycles. The van der Waals surface area contributed by atoms with Crippen molar-refractivity contribution in [2.75, 3.05) is 24.5 Å². The second kappa shape index (κ2) is 24.6. The van der Waals surface area contributed by atoms with Crippen LogP contribution < -0.4 is 62.0 Å². The van der Waals surface area contributed by atoms with Crippen molar-refractivity contribution in [2.24, 2.45) is 0 Å². The molecule has 0 aliphatic carbocycles. The Morgan fingerprint density at radius 3 is 1.06 bits per heavy atom. The molecule has 4 aliphatic heterocycles. The van der Waals surface area contributed by atoms with Crippen LogP contribution >= 0.6 is 0 Å². The fourth-order valence-corrected chi connectivity index (χ4v) is 30.6. The van der Waals surface area contributed by atoms with Crippen LogP contribution in [0.25, 0.3) is 70.3 Å². The molecule has 24 rings (SSSR count). The van der Waals surface area contributed by atoms with E-state index in [1.165, 1.54) is 97.8 Å². The van der Waals surface area contributed by atoms with E-state index in [2.05, 4.69) is 370 Å². The Balaban J connectivity index is 0.771. The first kappa shape index (κ1) is 62.6. The van der Waals surface area contributed by atoms with Gasteiger partial charge in [0.2, 0.25) is 0 Å². The first-order chi connectivity index (χ1) is 53.5. The summed E-state index contributed by atoms with van der Waals surface area (Å²) in [5.74, 6) is 1.70. The third-order valence-electron chi connectivity index (χ3n) is 22.8. The van der Waals surface area contributed by atoms with Crippen molar-refractivity contribution in [3.8, 4) is 11.5 Å². The summed E-state index contributed by atoms with van der Waals surface area (Å²) >= 11 is -2.18. The fourth-order valence-electron chi connectivity index (χ4n) is 18.2. The molecule has 0 bridgehead atoms. The molecule has 0 atom stereocenters. The summed E-state index contributed by atoms with van der Waals surface area (Å²) in [6.45, 7) is -0.399. The maximum atomic E-state index is 8.04. The van der Waals surface area contributed by atoms with E-state index < -0.39 is 81.7 Å². The van der Waals surface area contributed by atoms with E-state index in [-0.39, 0.29) is 13.4 Å². The van der Waals surface area contributed by atoms with Crippen LogP contribution in [0.1, 0.15) is 0 Å². The van der Waals surface area contributed by atoms with Gasteiger partial charge in [-0.2, -0.15) is 0 Å². The quantitative estimate of drug-likeness (QED) is 0.134. The van der Waals surface area contributed by atoms with Gasteiger partial charge in [-0.3, -0.25) is 0 Å². The number of hydrogen-bond donors (Lipinski definition) is 0. The molecule has 0 amide bonds. The van der Waals surface area contributed by atoms with Gasteiger partial charge in [-0.1, -0.05) is 6.07 Å². The van der Waals surface area contributed by atoms with Crippen molar-refractivity contribution in [3.05, 3.63) is 346 Å². The number of rotatable bonds is 9. The monoisotopic (exact) mass is 1840 g/mol. The van der Waals surface area contributed by atoms with Crippen LogP contribution in [0.5, 0.6) is 11.5 Å². The number of nitrogens with zero attached hydrogens (tertiary/aromatic N) is 5. The summed E-state index contributed by atoms with van der Waals surface area (Å²) in [7, 11) is 0. The molecular formula is C96H57B2N5OTe4. The molecule has 0 radical (unpaired) electrons. The number of benzene rings is 16. The summed E-state index contributed by atoms with van der Waals surface area (Å²) < 4.78 is 20.0. The molecule has 6 nitrogen and oxygen atoms in total. The maximum absolute atomic E-state index is 8.04. The van der Waals surface area contributed by atoms with Crippen molar-refractivity contribution in [1.82, 2.24) is 0 Å². The molecule has 108 heavy (non-hydrogen) atoms. The van der Waals surface area contributed by atoms with E-state index in [0.29, 0.717) is 0 Å². The summed E-state index contributed by atoms with van der Waals surface area (Å²) in [6.07, 6.45) is 0. The molecule has 4 aromatic heterocycles. The van der Waals surface area contributed by atoms with Crippen LogP contribution in [-0.4, -0.2) is 95.1 Å². The van der Waals surface area contributed by atoms with Crippen molar-refractivity contribution >= 4 is 284 Å². The topological polar surface area (TPSA) is 25.4 Å². The van der Waals surface area contributed by atoms with E-state index in [0.717, 1.165) is 102 Å². The predicted molar refractivity (Wildman–Crippen MR) is 463 cm³/mol. The summed E-state index contributed by atoms with van der Waals surface area (Å²) in [6, 6.07) is 132. The van der Waals surface area contributed by atoms with Crippen LogP contribution in [0.4, 0.5) is 85.3 Å². The van der Waals surface area contributed by atoms with E-state index >= 15 is 0 Å². The van der Waals surface area contributed by atoms with Gasteiger partial charge in [-0.15, -0.1) is 0 Å². The molecule has 0 spiro atoms. The number of fused-ring (bicyclic) bond motifs is 20. The van der Waals surface area contributed by atoms with Crippen molar-refractivity contribution in [3.63, 3.8) is 0 Å². The zero-order chi connectivity index (χ0) is 70.4. The number of anilines is 15. The molecule has 0 fully saturated rings. The number of ether oxygens (including phenoxy) is 1. The minimum absolute atomic E-state index is 0.192. The number of para-hydroxylation sites is 5. The molecule has 16 aromatic carbocycles. The van der Waals surface area contributed by atoms with Crippen LogP contribution in [0.15, 0.2) is 346 Å². The van der Waals surface area contributed by atoms with Gasteiger partial charge in [-0.05, 0) is 0 Å². The van der Waals surface area contributed by atoms with Crippen LogP contribution in [0, 0.1) is 0 Å². The Kier molecular flexibility index (Phi) is 14.2. The molecule has 4 aliphatic rings. The van der Waals surface area contributed by atoms with Gasteiger partial charge >= 0.3 is 664 Å². The molecule has 502 valence electrons. The average molecular weight is 1830 g/mol. The van der Waals surface area contributed by atoms with Gasteiger partial charge in [0.05, 0.1) is 0 Å². The zero-order valence-corrected chi connectivity index (χ0v) is 67.2. The SMILES string of the molecule is c1ccc(N(c2cc3c4c(c2)N(c2ccc5[te]c6ccccc6c5c2)c2ccccc2B4c2cc4c(cc2O3)N(c2ccccc2)c2cc(N(c3ccccc3)c3ccc5[te]c6ccccc6c5c3)cc3c2B4c2ccccc2N3c2ccc3[te]c4ccccc4c3c2)c2ccc3[te]c4ccccc4c3c2)cc1.